The number of para-hydroxylation sites is 1. The fourth-order valence-electron chi connectivity index (χ4n) is 3.74. The van der Waals surface area contributed by atoms with Crippen molar-refractivity contribution in [3.05, 3.63) is 122 Å². The molecule has 0 saturated heterocycles. The molecule has 0 fully saturated rings. The summed E-state index contributed by atoms with van der Waals surface area (Å²) in [5, 5.41) is 14.2. The number of rotatable bonds is 7. The van der Waals surface area contributed by atoms with Crippen molar-refractivity contribution >= 4 is 17.2 Å². The molecule has 0 amide bonds. The molecule has 8 heteroatoms. The molecule has 0 radical (unpaired) electrons. The second-order valence-corrected chi connectivity index (χ2v) is 7.59. The van der Waals surface area contributed by atoms with E-state index >= 15 is 0 Å². The third-order valence-electron chi connectivity index (χ3n) is 5.60. The highest BCUT2D eigenvalue weighted by molar-refractivity contribution is 6.02. The zero-order chi connectivity index (χ0) is 23.5. The number of hydrogen-bond donors (Lipinski definition) is 1. The van der Waals surface area contributed by atoms with Gasteiger partial charge in [-0.05, 0) is 36.8 Å². The summed E-state index contributed by atoms with van der Waals surface area (Å²) in [4.78, 5) is 37.4. The molecule has 166 valence electrons. The lowest BCUT2D eigenvalue weighted by molar-refractivity contribution is -0.384. The summed E-state index contributed by atoms with van der Waals surface area (Å²) in [6.45, 7) is 1.79. The van der Waals surface area contributed by atoms with Gasteiger partial charge < -0.3 is 5.32 Å². The number of nitro groups is 1. The Balaban J connectivity index is 1.80. The van der Waals surface area contributed by atoms with Crippen molar-refractivity contribution in [2.24, 2.45) is 7.05 Å². The maximum Gasteiger partial charge on any atom is 0.295 e. The van der Waals surface area contributed by atoms with E-state index in [2.05, 4.69) is 5.32 Å². The Hall–Kier alpha value is -4.46. The SMILES string of the molecule is Cc1c(NC(C(=O)c2ccccc2)c2ccc([N+](=O)[O-])cc2)c(=O)n(-c2ccccc2)n1C. The van der Waals surface area contributed by atoms with Crippen LogP contribution in [0.4, 0.5) is 11.4 Å². The van der Waals surface area contributed by atoms with Crippen molar-refractivity contribution in [2.75, 3.05) is 5.32 Å². The second-order valence-electron chi connectivity index (χ2n) is 7.59. The van der Waals surface area contributed by atoms with Crippen LogP contribution in [0.1, 0.15) is 27.7 Å². The standard InChI is InChI=1S/C25H22N4O4/c1-17-22(25(31)28(27(17)2)20-11-7-4-8-12-20)26-23(24(30)19-9-5-3-6-10-19)18-13-15-21(16-14-18)29(32)33/h3-16,23,26H,1-2H3. The predicted octanol–water partition coefficient (Wildman–Crippen LogP) is 4.43. The van der Waals surface area contributed by atoms with Crippen molar-refractivity contribution in [3.63, 3.8) is 0 Å². The van der Waals surface area contributed by atoms with Gasteiger partial charge in [0.1, 0.15) is 11.7 Å². The molecule has 1 aromatic heterocycles. The maximum absolute atomic E-state index is 13.4. The first kappa shape index (κ1) is 21.8. The van der Waals surface area contributed by atoms with E-state index in [-0.39, 0.29) is 22.7 Å². The lowest BCUT2D eigenvalue weighted by atomic mass is 9.97. The Morgan fingerprint density at radius 3 is 2.09 bits per heavy atom. The third-order valence-corrected chi connectivity index (χ3v) is 5.60. The Morgan fingerprint density at radius 2 is 1.52 bits per heavy atom. The summed E-state index contributed by atoms with van der Waals surface area (Å²) in [5.41, 5.74) is 2.24. The van der Waals surface area contributed by atoms with Gasteiger partial charge in [0, 0.05) is 24.7 Å². The molecule has 0 bridgehead atoms. The summed E-state index contributed by atoms with van der Waals surface area (Å²) in [7, 11) is 1.77. The van der Waals surface area contributed by atoms with Gasteiger partial charge in [0.05, 0.1) is 16.3 Å². The Kier molecular flexibility index (Phi) is 5.91. The second kappa shape index (κ2) is 8.96. The van der Waals surface area contributed by atoms with Crippen LogP contribution >= 0.6 is 0 Å². The molecule has 3 aromatic carbocycles. The molecular formula is C25H22N4O4. The van der Waals surface area contributed by atoms with Crippen LogP contribution in [0.2, 0.25) is 0 Å². The lowest BCUT2D eigenvalue weighted by Crippen LogP contribution is -2.26. The van der Waals surface area contributed by atoms with Crippen LogP contribution in [0.5, 0.6) is 0 Å². The summed E-state index contributed by atoms with van der Waals surface area (Å²) in [6.07, 6.45) is 0. The van der Waals surface area contributed by atoms with Crippen molar-refractivity contribution in [3.8, 4) is 5.69 Å². The van der Waals surface area contributed by atoms with Crippen LogP contribution in [0.15, 0.2) is 89.7 Å². The molecule has 4 aromatic rings. The van der Waals surface area contributed by atoms with Crippen LogP contribution < -0.4 is 10.9 Å². The number of ketones is 1. The highest BCUT2D eigenvalue weighted by atomic mass is 16.6. The van der Waals surface area contributed by atoms with Crippen LogP contribution in [0.25, 0.3) is 5.69 Å². The fraction of sp³-hybridized carbons (Fsp3) is 0.120. The number of benzene rings is 3. The van der Waals surface area contributed by atoms with Crippen LogP contribution in [-0.4, -0.2) is 20.1 Å². The number of hydrogen-bond acceptors (Lipinski definition) is 5. The van der Waals surface area contributed by atoms with Gasteiger partial charge in [0.15, 0.2) is 5.78 Å². The molecular weight excluding hydrogens is 420 g/mol. The number of anilines is 1. The topological polar surface area (TPSA) is 99.2 Å². The molecule has 0 aliphatic rings. The van der Waals surface area contributed by atoms with Crippen molar-refractivity contribution < 1.29 is 9.72 Å². The Morgan fingerprint density at radius 1 is 0.939 bits per heavy atom. The van der Waals surface area contributed by atoms with Gasteiger partial charge in [0.2, 0.25) is 0 Å². The monoisotopic (exact) mass is 442 g/mol. The van der Waals surface area contributed by atoms with E-state index in [9.17, 15) is 19.7 Å². The number of nitrogens with zero attached hydrogens (tertiary/aromatic N) is 3. The smallest absolute Gasteiger partial charge is 0.295 e. The molecule has 33 heavy (non-hydrogen) atoms. The largest absolute Gasteiger partial charge is 0.365 e. The quantitative estimate of drug-likeness (QED) is 0.259. The van der Waals surface area contributed by atoms with E-state index in [1.807, 2.05) is 36.4 Å². The number of Topliss-reactive ketones (excluding diaryl/α,β-unsaturated/α-hetero) is 1. The number of nitro benzene ring substituents is 1. The molecule has 1 heterocycles. The molecule has 0 aliphatic heterocycles. The number of nitrogens with one attached hydrogen (secondary N) is 1. The van der Waals surface area contributed by atoms with E-state index in [0.717, 1.165) is 0 Å². The summed E-state index contributed by atoms with van der Waals surface area (Å²) in [5.74, 6) is -0.252. The van der Waals surface area contributed by atoms with E-state index in [1.54, 1.807) is 42.9 Å². The molecule has 8 nitrogen and oxygen atoms in total. The number of aromatic nitrogens is 2. The molecule has 4 rings (SSSR count). The molecule has 1 N–H and O–H groups in total. The van der Waals surface area contributed by atoms with Gasteiger partial charge in [0.25, 0.3) is 11.2 Å². The van der Waals surface area contributed by atoms with Gasteiger partial charge in [-0.3, -0.25) is 24.4 Å². The average molecular weight is 442 g/mol. The molecule has 0 saturated carbocycles. The molecule has 1 unspecified atom stereocenters. The molecule has 0 spiro atoms. The zero-order valence-electron chi connectivity index (χ0n) is 18.1. The van der Waals surface area contributed by atoms with E-state index in [0.29, 0.717) is 22.5 Å². The van der Waals surface area contributed by atoms with Crippen molar-refractivity contribution in [1.29, 1.82) is 0 Å². The van der Waals surface area contributed by atoms with Gasteiger partial charge >= 0.3 is 0 Å². The highest BCUT2D eigenvalue weighted by Gasteiger charge is 2.26. The van der Waals surface area contributed by atoms with Gasteiger partial charge in [-0.1, -0.05) is 48.5 Å². The summed E-state index contributed by atoms with van der Waals surface area (Å²) >= 11 is 0. The minimum atomic E-state index is -0.911. The normalized spacial score (nSPS) is 11.7. The van der Waals surface area contributed by atoms with E-state index in [4.69, 9.17) is 0 Å². The van der Waals surface area contributed by atoms with Gasteiger partial charge in [-0.25, -0.2) is 4.68 Å². The van der Waals surface area contributed by atoms with E-state index < -0.39 is 11.0 Å². The van der Waals surface area contributed by atoms with Crippen LogP contribution in [0.3, 0.4) is 0 Å². The summed E-state index contributed by atoms with van der Waals surface area (Å²) in [6, 6.07) is 22.8. The maximum atomic E-state index is 13.4. The van der Waals surface area contributed by atoms with Crippen molar-refractivity contribution in [1.82, 2.24) is 9.36 Å². The minimum absolute atomic E-state index is 0.0769. The number of carbonyl (C=O) groups is 1. The fourth-order valence-corrected chi connectivity index (χ4v) is 3.74. The first-order chi connectivity index (χ1) is 15.9. The molecule has 0 aliphatic carbocycles. The lowest BCUT2D eigenvalue weighted by Gasteiger charge is -2.19. The summed E-state index contributed by atoms with van der Waals surface area (Å²) < 4.78 is 3.25. The third kappa shape index (κ3) is 4.18. The Bertz CT molecular complexity index is 1360. The van der Waals surface area contributed by atoms with Crippen molar-refractivity contribution in [2.45, 2.75) is 13.0 Å². The zero-order valence-corrected chi connectivity index (χ0v) is 18.1. The first-order valence-electron chi connectivity index (χ1n) is 10.3. The Labute approximate surface area is 189 Å². The predicted molar refractivity (Wildman–Crippen MR) is 126 cm³/mol. The number of carbonyl (C=O) groups excluding carboxylic acids is 1. The first-order valence-corrected chi connectivity index (χ1v) is 10.3. The van der Waals surface area contributed by atoms with Crippen LogP contribution in [-0.2, 0) is 7.05 Å². The molecule has 1 atom stereocenters. The van der Waals surface area contributed by atoms with Crippen LogP contribution in [0, 0.1) is 17.0 Å². The van der Waals surface area contributed by atoms with Gasteiger partial charge in [-0.15, -0.1) is 0 Å². The highest BCUT2D eigenvalue weighted by Crippen LogP contribution is 2.26. The average Bonchev–Trinajstić information content (AvgIpc) is 3.05. The minimum Gasteiger partial charge on any atom is -0.365 e. The number of non-ortho nitro benzene ring substituents is 1. The van der Waals surface area contributed by atoms with Gasteiger partial charge in [-0.2, -0.15) is 0 Å². The van der Waals surface area contributed by atoms with E-state index in [1.165, 1.54) is 28.9 Å².